The summed E-state index contributed by atoms with van der Waals surface area (Å²) >= 11 is 0. The number of rotatable bonds is 4. The highest BCUT2D eigenvalue weighted by molar-refractivity contribution is 6.02. The van der Waals surface area contributed by atoms with Crippen molar-refractivity contribution in [3.63, 3.8) is 0 Å². The van der Waals surface area contributed by atoms with Crippen LogP contribution >= 0.6 is 0 Å². The second-order valence-electron chi connectivity index (χ2n) is 4.66. The molecule has 0 saturated heterocycles. The van der Waals surface area contributed by atoms with Gasteiger partial charge in [-0.3, -0.25) is 4.79 Å². The van der Waals surface area contributed by atoms with Gasteiger partial charge in [-0.25, -0.2) is 4.39 Å². The average Bonchev–Trinajstić information content (AvgIpc) is 2.41. The summed E-state index contributed by atoms with van der Waals surface area (Å²) in [6.45, 7) is 1.89. The Kier molecular flexibility index (Phi) is 4.03. The van der Waals surface area contributed by atoms with Crippen LogP contribution in [-0.2, 0) is 6.42 Å². The van der Waals surface area contributed by atoms with Crippen molar-refractivity contribution in [1.82, 2.24) is 0 Å². The molecule has 0 unspecified atom stereocenters. The number of benzene rings is 2. The van der Waals surface area contributed by atoms with Crippen molar-refractivity contribution in [3.8, 4) is 5.75 Å². The molecule has 20 heavy (non-hydrogen) atoms. The van der Waals surface area contributed by atoms with Crippen LogP contribution in [0.3, 0.4) is 0 Å². The summed E-state index contributed by atoms with van der Waals surface area (Å²) in [5, 5.41) is 0. The highest BCUT2D eigenvalue weighted by atomic mass is 19.1. The van der Waals surface area contributed by atoms with Gasteiger partial charge < -0.3 is 10.5 Å². The van der Waals surface area contributed by atoms with Crippen molar-refractivity contribution >= 4 is 11.5 Å². The van der Waals surface area contributed by atoms with E-state index in [0.717, 1.165) is 5.56 Å². The molecule has 104 valence electrons. The molecule has 0 amide bonds. The third-order valence-electron chi connectivity index (χ3n) is 3.09. The van der Waals surface area contributed by atoms with Crippen LogP contribution in [0.4, 0.5) is 10.1 Å². The van der Waals surface area contributed by atoms with Gasteiger partial charge in [0, 0.05) is 17.7 Å². The molecule has 0 fully saturated rings. The number of nitrogens with two attached hydrogens (primary N) is 1. The molecule has 2 aromatic rings. The zero-order chi connectivity index (χ0) is 14.7. The normalized spacial score (nSPS) is 10.3. The van der Waals surface area contributed by atoms with Crippen molar-refractivity contribution < 1.29 is 13.9 Å². The van der Waals surface area contributed by atoms with Crippen LogP contribution in [0.15, 0.2) is 36.4 Å². The minimum atomic E-state index is -0.477. The SMILES string of the molecule is COc1ccc(CC(=O)c2cc(C)ccc2N)cc1F. The molecule has 0 radical (unpaired) electrons. The summed E-state index contributed by atoms with van der Waals surface area (Å²) in [5.41, 5.74) is 8.27. The van der Waals surface area contributed by atoms with Crippen molar-refractivity contribution in [1.29, 1.82) is 0 Å². The minimum absolute atomic E-state index is 0.106. The number of halogens is 1. The minimum Gasteiger partial charge on any atom is -0.494 e. The molecule has 0 aromatic heterocycles. The summed E-state index contributed by atoms with van der Waals surface area (Å²) in [5.74, 6) is -0.443. The smallest absolute Gasteiger partial charge is 0.169 e. The van der Waals surface area contributed by atoms with Crippen molar-refractivity contribution in [3.05, 3.63) is 58.9 Å². The van der Waals surface area contributed by atoms with Gasteiger partial charge >= 0.3 is 0 Å². The molecule has 2 aromatic carbocycles. The fraction of sp³-hybridized carbons (Fsp3) is 0.188. The molecule has 2 N–H and O–H groups in total. The first-order chi connectivity index (χ1) is 9.51. The molecule has 0 aliphatic heterocycles. The Morgan fingerprint density at radius 3 is 2.65 bits per heavy atom. The molecular formula is C16H16FNO2. The van der Waals surface area contributed by atoms with Crippen LogP contribution < -0.4 is 10.5 Å². The van der Waals surface area contributed by atoms with Gasteiger partial charge in [0.15, 0.2) is 17.3 Å². The van der Waals surface area contributed by atoms with E-state index in [1.54, 1.807) is 18.2 Å². The molecule has 3 nitrogen and oxygen atoms in total. The van der Waals surface area contributed by atoms with E-state index in [-0.39, 0.29) is 18.0 Å². The number of ether oxygens (including phenoxy) is 1. The van der Waals surface area contributed by atoms with Gasteiger partial charge in [0.1, 0.15) is 0 Å². The van der Waals surface area contributed by atoms with E-state index in [1.165, 1.54) is 19.2 Å². The Bertz CT molecular complexity index is 653. The van der Waals surface area contributed by atoms with Crippen LogP contribution in [0, 0.1) is 12.7 Å². The number of ketones is 1. The van der Waals surface area contributed by atoms with Gasteiger partial charge in [-0.05, 0) is 36.8 Å². The second-order valence-corrected chi connectivity index (χ2v) is 4.66. The number of nitrogen functional groups attached to an aromatic ring is 1. The number of methoxy groups -OCH3 is 1. The van der Waals surface area contributed by atoms with Crippen molar-refractivity contribution in [2.24, 2.45) is 0 Å². The highest BCUT2D eigenvalue weighted by Crippen LogP contribution is 2.20. The lowest BCUT2D eigenvalue weighted by Crippen LogP contribution is -2.07. The largest absolute Gasteiger partial charge is 0.494 e. The van der Waals surface area contributed by atoms with E-state index in [1.807, 2.05) is 13.0 Å². The Balaban J connectivity index is 2.23. The van der Waals surface area contributed by atoms with E-state index < -0.39 is 5.82 Å². The summed E-state index contributed by atoms with van der Waals surface area (Å²) in [4.78, 5) is 12.2. The van der Waals surface area contributed by atoms with Gasteiger partial charge in [-0.1, -0.05) is 17.7 Å². The molecule has 2 rings (SSSR count). The molecule has 0 atom stereocenters. The van der Waals surface area contributed by atoms with E-state index in [9.17, 15) is 9.18 Å². The zero-order valence-electron chi connectivity index (χ0n) is 11.4. The van der Waals surface area contributed by atoms with Crippen LogP contribution in [0.1, 0.15) is 21.5 Å². The Morgan fingerprint density at radius 2 is 2.00 bits per heavy atom. The maximum Gasteiger partial charge on any atom is 0.169 e. The quantitative estimate of drug-likeness (QED) is 0.687. The maximum atomic E-state index is 13.6. The van der Waals surface area contributed by atoms with Gasteiger partial charge in [-0.2, -0.15) is 0 Å². The summed E-state index contributed by atoms with van der Waals surface area (Å²) in [6.07, 6.45) is 0.106. The fourth-order valence-corrected chi connectivity index (χ4v) is 2.01. The number of hydrogen-bond donors (Lipinski definition) is 1. The summed E-state index contributed by atoms with van der Waals surface area (Å²) in [6, 6.07) is 9.79. The second kappa shape index (κ2) is 5.74. The average molecular weight is 273 g/mol. The van der Waals surface area contributed by atoms with Gasteiger partial charge in [0.25, 0.3) is 0 Å². The van der Waals surface area contributed by atoms with Crippen LogP contribution in [0.25, 0.3) is 0 Å². The molecule has 0 aliphatic rings. The topological polar surface area (TPSA) is 52.3 Å². The van der Waals surface area contributed by atoms with E-state index >= 15 is 0 Å². The predicted octanol–water partition coefficient (Wildman–Crippen LogP) is 3.15. The molecule has 0 heterocycles. The Morgan fingerprint density at radius 1 is 1.25 bits per heavy atom. The van der Waals surface area contributed by atoms with Crippen LogP contribution in [-0.4, -0.2) is 12.9 Å². The third kappa shape index (κ3) is 2.96. The molecule has 0 aliphatic carbocycles. The molecule has 0 saturated carbocycles. The van der Waals surface area contributed by atoms with Crippen LogP contribution in [0.5, 0.6) is 5.75 Å². The maximum absolute atomic E-state index is 13.6. The summed E-state index contributed by atoms with van der Waals surface area (Å²) < 4.78 is 18.4. The number of aryl methyl sites for hydroxylation is 1. The number of hydrogen-bond acceptors (Lipinski definition) is 3. The Labute approximate surface area is 117 Å². The summed E-state index contributed by atoms with van der Waals surface area (Å²) in [7, 11) is 1.40. The molecular weight excluding hydrogens is 257 g/mol. The molecule has 0 spiro atoms. The van der Waals surface area contributed by atoms with Crippen molar-refractivity contribution in [2.75, 3.05) is 12.8 Å². The standard InChI is InChI=1S/C16H16FNO2/c1-10-3-5-14(18)12(7-10)15(19)9-11-4-6-16(20-2)13(17)8-11/h3-8H,9,18H2,1-2H3. The first-order valence-corrected chi connectivity index (χ1v) is 6.23. The van der Waals surface area contributed by atoms with Crippen molar-refractivity contribution in [2.45, 2.75) is 13.3 Å². The molecule has 0 bridgehead atoms. The van der Waals surface area contributed by atoms with Gasteiger partial charge in [-0.15, -0.1) is 0 Å². The van der Waals surface area contributed by atoms with E-state index in [4.69, 9.17) is 10.5 Å². The lowest BCUT2D eigenvalue weighted by atomic mass is 10.00. The van der Waals surface area contributed by atoms with E-state index in [0.29, 0.717) is 16.8 Å². The lowest BCUT2D eigenvalue weighted by molar-refractivity contribution is 0.0993. The first-order valence-electron chi connectivity index (χ1n) is 6.23. The van der Waals surface area contributed by atoms with E-state index in [2.05, 4.69) is 0 Å². The van der Waals surface area contributed by atoms with Gasteiger partial charge in [0.2, 0.25) is 0 Å². The number of Topliss-reactive ketones (excluding diaryl/α,β-unsaturated/α-hetero) is 1. The number of anilines is 1. The monoisotopic (exact) mass is 273 g/mol. The third-order valence-corrected chi connectivity index (χ3v) is 3.09. The molecule has 4 heteroatoms. The first kappa shape index (κ1) is 14.1. The fourth-order valence-electron chi connectivity index (χ4n) is 2.01. The number of carbonyl (C=O) groups excluding carboxylic acids is 1. The van der Waals surface area contributed by atoms with Crippen LogP contribution in [0.2, 0.25) is 0 Å². The zero-order valence-corrected chi connectivity index (χ0v) is 11.4. The number of carbonyl (C=O) groups is 1. The highest BCUT2D eigenvalue weighted by Gasteiger charge is 2.12. The predicted molar refractivity (Wildman–Crippen MR) is 76.6 cm³/mol. The Hall–Kier alpha value is -2.36. The lowest BCUT2D eigenvalue weighted by Gasteiger charge is -2.07. The van der Waals surface area contributed by atoms with Gasteiger partial charge in [0.05, 0.1) is 7.11 Å².